The summed E-state index contributed by atoms with van der Waals surface area (Å²) < 4.78 is 14.8. The number of esters is 3. The topological polar surface area (TPSA) is 145 Å². The van der Waals surface area contributed by atoms with Crippen LogP contribution in [-0.2, 0) is 38.2 Å². The van der Waals surface area contributed by atoms with E-state index in [1.165, 1.54) is 0 Å². The van der Waals surface area contributed by atoms with Gasteiger partial charge in [-0.05, 0) is 0 Å². The summed E-state index contributed by atoms with van der Waals surface area (Å²) in [5.41, 5.74) is 0. The van der Waals surface area contributed by atoms with Gasteiger partial charge in [-0.2, -0.15) is 0 Å². The van der Waals surface area contributed by atoms with Gasteiger partial charge in [0.25, 0.3) is 0 Å². The van der Waals surface area contributed by atoms with Gasteiger partial charge in [0, 0.05) is 27.7 Å². The summed E-state index contributed by atoms with van der Waals surface area (Å²) in [5.74, 6) is -3.09. The lowest BCUT2D eigenvalue weighted by atomic mass is 10.0. The number of rotatable bonds is 9. The summed E-state index contributed by atoms with van der Waals surface area (Å²) in [6.07, 6.45) is -4.16. The Kier molecular flexibility index (Phi) is 9.25. The van der Waals surface area contributed by atoms with Crippen LogP contribution in [0.5, 0.6) is 0 Å². The molecule has 4 atom stereocenters. The lowest BCUT2D eigenvalue weighted by molar-refractivity contribution is -0.188. The highest BCUT2D eigenvalue weighted by Gasteiger charge is 2.41. The molecular weight excluding hydrogens is 326 g/mol. The number of hydrogen-bond donors (Lipinski definition) is 2. The minimum atomic E-state index is -1.51. The Morgan fingerprint density at radius 2 is 1.38 bits per heavy atom. The van der Waals surface area contributed by atoms with Crippen LogP contribution in [0, 0.1) is 0 Å². The maximum Gasteiger partial charge on any atom is 0.303 e. The lowest BCUT2D eigenvalue weighted by Gasteiger charge is -2.33. The van der Waals surface area contributed by atoms with Crippen LogP contribution in [-0.4, -0.2) is 66.2 Å². The first kappa shape index (κ1) is 21.5. The van der Waals surface area contributed by atoms with Crippen molar-refractivity contribution < 1.29 is 43.3 Å². The van der Waals surface area contributed by atoms with Crippen molar-refractivity contribution in [3.05, 3.63) is 0 Å². The molecule has 0 spiro atoms. The SMILES string of the molecule is CC(=O)N[C@H](C=O)[C@@H](OC(C)=O)[C@H](OC(C)=O)[C@@H](CO)OC(C)=O. The third kappa shape index (κ3) is 7.68. The number of amides is 1. The lowest BCUT2D eigenvalue weighted by Crippen LogP contribution is -2.57. The van der Waals surface area contributed by atoms with E-state index in [4.69, 9.17) is 14.2 Å². The van der Waals surface area contributed by atoms with Gasteiger partial charge in [0.1, 0.15) is 12.3 Å². The minimum absolute atomic E-state index is 0.272. The molecule has 0 saturated carbocycles. The maximum absolute atomic E-state index is 11.3. The van der Waals surface area contributed by atoms with Gasteiger partial charge in [-0.1, -0.05) is 0 Å². The van der Waals surface area contributed by atoms with Crippen molar-refractivity contribution in [1.82, 2.24) is 5.32 Å². The van der Waals surface area contributed by atoms with Gasteiger partial charge >= 0.3 is 17.9 Å². The molecule has 0 saturated heterocycles. The van der Waals surface area contributed by atoms with Crippen molar-refractivity contribution in [2.45, 2.75) is 52.0 Å². The Hall–Kier alpha value is -2.49. The van der Waals surface area contributed by atoms with Gasteiger partial charge in [-0.15, -0.1) is 0 Å². The van der Waals surface area contributed by atoms with Crippen LogP contribution in [0.15, 0.2) is 0 Å². The number of aldehydes is 1. The van der Waals surface area contributed by atoms with E-state index in [0.29, 0.717) is 0 Å². The van der Waals surface area contributed by atoms with Crippen molar-refractivity contribution in [2.24, 2.45) is 0 Å². The van der Waals surface area contributed by atoms with Crippen molar-refractivity contribution in [3.63, 3.8) is 0 Å². The third-order valence-electron chi connectivity index (χ3n) is 2.66. The second kappa shape index (κ2) is 10.3. The van der Waals surface area contributed by atoms with Crippen molar-refractivity contribution in [1.29, 1.82) is 0 Å². The standard InChI is InChI=1S/C14H21NO9/c1-7(18)15-11(5-16)13(23-9(3)20)14(24-10(4)21)12(6-17)22-8(2)19/h5,11-14,17H,6H2,1-4H3,(H,15,18)/t11-,12-,13-,14-/m1/s1. The van der Waals surface area contributed by atoms with Crippen LogP contribution >= 0.6 is 0 Å². The summed E-state index contributed by atoms with van der Waals surface area (Å²) in [7, 11) is 0. The molecule has 0 aromatic carbocycles. The molecule has 0 unspecified atom stereocenters. The monoisotopic (exact) mass is 347 g/mol. The summed E-state index contributed by atoms with van der Waals surface area (Å²) in [4.78, 5) is 56.3. The van der Waals surface area contributed by atoms with Gasteiger partial charge in [0.05, 0.1) is 6.61 Å². The second-order valence-electron chi connectivity index (χ2n) is 4.84. The van der Waals surface area contributed by atoms with E-state index in [0.717, 1.165) is 27.7 Å². The highest BCUT2D eigenvalue weighted by molar-refractivity contribution is 5.78. The molecule has 136 valence electrons. The van der Waals surface area contributed by atoms with Gasteiger partial charge in [0.2, 0.25) is 5.91 Å². The predicted molar refractivity (Wildman–Crippen MR) is 77.4 cm³/mol. The zero-order chi connectivity index (χ0) is 18.9. The molecule has 0 heterocycles. The van der Waals surface area contributed by atoms with Crippen LogP contribution in [0.1, 0.15) is 27.7 Å². The number of nitrogens with one attached hydrogen (secondary N) is 1. The van der Waals surface area contributed by atoms with E-state index in [1.54, 1.807) is 0 Å². The van der Waals surface area contributed by atoms with E-state index in [9.17, 15) is 29.1 Å². The molecule has 0 fully saturated rings. The van der Waals surface area contributed by atoms with Crippen molar-refractivity contribution >= 4 is 30.1 Å². The number of carbonyl (C=O) groups is 5. The number of ether oxygens (including phenoxy) is 3. The summed E-state index contributed by atoms with van der Waals surface area (Å²) in [5, 5.41) is 11.6. The summed E-state index contributed by atoms with van der Waals surface area (Å²) in [6, 6.07) is -1.39. The summed E-state index contributed by atoms with van der Waals surface area (Å²) in [6.45, 7) is 3.47. The molecule has 24 heavy (non-hydrogen) atoms. The number of aliphatic hydroxyl groups is 1. The molecule has 0 aliphatic rings. The van der Waals surface area contributed by atoms with Gasteiger partial charge < -0.3 is 29.4 Å². The zero-order valence-electron chi connectivity index (χ0n) is 13.8. The van der Waals surface area contributed by atoms with Crippen LogP contribution in [0.4, 0.5) is 0 Å². The molecule has 0 aliphatic carbocycles. The normalized spacial score (nSPS) is 15.2. The van der Waals surface area contributed by atoms with E-state index >= 15 is 0 Å². The van der Waals surface area contributed by atoms with Gasteiger partial charge in [0.15, 0.2) is 18.3 Å². The molecule has 10 heteroatoms. The number of carbonyl (C=O) groups excluding carboxylic acids is 5. The highest BCUT2D eigenvalue weighted by Crippen LogP contribution is 2.16. The Morgan fingerprint density at radius 1 is 0.917 bits per heavy atom. The molecule has 0 rings (SSSR count). The molecule has 1 amide bonds. The van der Waals surface area contributed by atoms with E-state index in [-0.39, 0.29) is 6.29 Å². The largest absolute Gasteiger partial charge is 0.456 e. The Bertz CT molecular complexity index is 491. The Balaban J connectivity index is 5.79. The average molecular weight is 347 g/mol. The molecule has 2 N–H and O–H groups in total. The Labute approximate surface area is 138 Å². The predicted octanol–water partition coefficient (Wildman–Crippen LogP) is -1.52. The molecule has 10 nitrogen and oxygen atoms in total. The first-order chi connectivity index (χ1) is 11.1. The molecule has 0 bridgehead atoms. The van der Waals surface area contributed by atoms with Gasteiger partial charge in [-0.25, -0.2) is 0 Å². The molecular formula is C14H21NO9. The molecule has 0 aromatic heterocycles. The third-order valence-corrected chi connectivity index (χ3v) is 2.66. The molecule has 0 radical (unpaired) electrons. The molecule has 0 aliphatic heterocycles. The van der Waals surface area contributed by atoms with E-state index < -0.39 is 54.8 Å². The second-order valence-corrected chi connectivity index (χ2v) is 4.84. The van der Waals surface area contributed by atoms with Crippen LogP contribution < -0.4 is 5.32 Å². The minimum Gasteiger partial charge on any atom is -0.456 e. The van der Waals surface area contributed by atoms with Crippen LogP contribution in [0.25, 0.3) is 0 Å². The van der Waals surface area contributed by atoms with E-state index in [1.807, 2.05) is 0 Å². The molecule has 0 aromatic rings. The van der Waals surface area contributed by atoms with Crippen LogP contribution in [0.2, 0.25) is 0 Å². The fourth-order valence-corrected chi connectivity index (χ4v) is 1.93. The Morgan fingerprint density at radius 3 is 1.71 bits per heavy atom. The fraction of sp³-hybridized carbons (Fsp3) is 0.643. The smallest absolute Gasteiger partial charge is 0.303 e. The highest BCUT2D eigenvalue weighted by atomic mass is 16.6. The average Bonchev–Trinajstić information content (AvgIpc) is 2.45. The maximum atomic E-state index is 11.3. The van der Waals surface area contributed by atoms with Crippen LogP contribution in [0.3, 0.4) is 0 Å². The summed E-state index contributed by atoms with van der Waals surface area (Å²) >= 11 is 0. The van der Waals surface area contributed by atoms with Crippen molar-refractivity contribution in [3.8, 4) is 0 Å². The first-order valence-electron chi connectivity index (χ1n) is 6.97. The van der Waals surface area contributed by atoms with Crippen molar-refractivity contribution in [2.75, 3.05) is 6.61 Å². The fourth-order valence-electron chi connectivity index (χ4n) is 1.93. The zero-order valence-corrected chi connectivity index (χ0v) is 13.8. The van der Waals surface area contributed by atoms with Gasteiger partial charge in [-0.3, -0.25) is 19.2 Å². The number of aliphatic hydroxyl groups excluding tert-OH is 1. The number of hydrogen-bond acceptors (Lipinski definition) is 9. The van der Waals surface area contributed by atoms with E-state index in [2.05, 4.69) is 5.32 Å². The first-order valence-corrected chi connectivity index (χ1v) is 6.97. The quantitative estimate of drug-likeness (QED) is 0.288.